The highest BCUT2D eigenvalue weighted by molar-refractivity contribution is 6.00. The molecule has 0 fully saturated rings. The maximum atomic E-state index is 12.5. The highest BCUT2D eigenvalue weighted by atomic mass is 16.6. The van der Waals surface area contributed by atoms with Crippen LogP contribution >= 0.6 is 0 Å². The maximum Gasteiger partial charge on any atom is 0.323 e. The standard InChI is InChI=1S/C19H28O5/c1-5-23-17(20)19(15(3)4,18(21)24-6-2)12-13-22-14-16-10-8-7-9-11-16/h7-11,15H,5-6,12-14H2,1-4H3. The Labute approximate surface area is 144 Å². The Morgan fingerprint density at radius 1 is 1.00 bits per heavy atom. The number of hydrogen-bond donors (Lipinski definition) is 0. The van der Waals surface area contributed by atoms with Crippen molar-refractivity contribution in [2.24, 2.45) is 11.3 Å². The molecule has 0 heterocycles. The largest absolute Gasteiger partial charge is 0.465 e. The fourth-order valence-corrected chi connectivity index (χ4v) is 2.56. The maximum absolute atomic E-state index is 12.5. The predicted molar refractivity (Wildman–Crippen MR) is 91.3 cm³/mol. The summed E-state index contributed by atoms with van der Waals surface area (Å²) in [7, 11) is 0. The van der Waals surface area contributed by atoms with E-state index < -0.39 is 17.4 Å². The summed E-state index contributed by atoms with van der Waals surface area (Å²) in [6.45, 7) is 8.23. The Morgan fingerprint density at radius 2 is 1.54 bits per heavy atom. The van der Waals surface area contributed by atoms with Gasteiger partial charge in [-0.3, -0.25) is 9.59 Å². The Kier molecular flexibility index (Phi) is 8.47. The molecule has 0 atom stereocenters. The topological polar surface area (TPSA) is 61.8 Å². The third kappa shape index (κ3) is 5.06. The number of rotatable bonds is 10. The molecule has 1 rings (SSSR count). The van der Waals surface area contributed by atoms with Crippen molar-refractivity contribution in [3.8, 4) is 0 Å². The van der Waals surface area contributed by atoms with Crippen molar-refractivity contribution in [1.82, 2.24) is 0 Å². The molecular formula is C19H28O5. The molecule has 0 aliphatic heterocycles. The molecule has 5 heteroatoms. The van der Waals surface area contributed by atoms with Crippen molar-refractivity contribution in [3.05, 3.63) is 35.9 Å². The first-order valence-corrected chi connectivity index (χ1v) is 8.45. The van der Waals surface area contributed by atoms with Crippen LogP contribution in [0.15, 0.2) is 30.3 Å². The molecule has 24 heavy (non-hydrogen) atoms. The van der Waals surface area contributed by atoms with Gasteiger partial charge in [-0.15, -0.1) is 0 Å². The SMILES string of the molecule is CCOC(=O)C(CCOCc1ccccc1)(C(=O)OCC)C(C)C. The zero-order chi connectivity index (χ0) is 18.0. The van der Waals surface area contributed by atoms with Crippen molar-refractivity contribution in [2.45, 2.75) is 40.7 Å². The summed E-state index contributed by atoms with van der Waals surface area (Å²) in [5.74, 6) is -1.33. The van der Waals surface area contributed by atoms with Crippen LogP contribution in [0, 0.1) is 11.3 Å². The van der Waals surface area contributed by atoms with Gasteiger partial charge in [0.05, 0.1) is 19.8 Å². The average molecular weight is 336 g/mol. The molecule has 5 nitrogen and oxygen atoms in total. The van der Waals surface area contributed by atoms with E-state index >= 15 is 0 Å². The molecule has 0 aromatic heterocycles. The first-order chi connectivity index (χ1) is 11.5. The van der Waals surface area contributed by atoms with Gasteiger partial charge < -0.3 is 14.2 Å². The van der Waals surface area contributed by atoms with Crippen LogP contribution in [0.5, 0.6) is 0 Å². The zero-order valence-corrected chi connectivity index (χ0v) is 15.0. The van der Waals surface area contributed by atoms with Crippen molar-refractivity contribution in [2.75, 3.05) is 19.8 Å². The van der Waals surface area contributed by atoms with Crippen LogP contribution in [0.2, 0.25) is 0 Å². The van der Waals surface area contributed by atoms with E-state index in [-0.39, 0.29) is 32.2 Å². The summed E-state index contributed by atoms with van der Waals surface area (Å²) in [4.78, 5) is 25.0. The van der Waals surface area contributed by atoms with Crippen LogP contribution in [-0.2, 0) is 30.4 Å². The molecule has 0 saturated heterocycles. The van der Waals surface area contributed by atoms with Crippen molar-refractivity contribution >= 4 is 11.9 Å². The quantitative estimate of drug-likeness (QED) is 0.372. The molecule has 134 valence electrons. The Morgan fingerprint density at radius 3 is 2.00 bits per heavy atom. The van der Waals surface area contributed by atoms with Crippen LogP contribution in [0.25, 0.3) is 0 Å². The summed E-state index contributed by atoms with van der Waals surface area (Å²) in [6.07, 6.45) is 0.231. The Balaban J connectivity index is 2.79. The van der Waals surface area contributed by atoms with Gasteiger partial charge in [0.25, 0.3) is 0 Å². The molecule has 1 aromatic rings. The summed E-state index contributed by atoms with van der Waals surface area (Å²) in [5.41, 5.74) is -0.289. The lowest BCUT2D eigenvalue weighted by atomic mass is 9.74. The third-order valence-electron chi connectivity index (χ3n) is 4.02. The Hall–Kier alpha value is -1.88. The molecule has 0 radical (unpaired) electrons. The fourth-order valence-electron chi connectivity index (χ4n) is 2.56. The highest BCUT2D eigenvalue weighted by Crippen LogP contribution is 2.35. The first-order valence-electron chi connectivity index (χ1n) is 8.45. The van der Waals surface area contributed by atoms with E-state index in [1.165, 1.54) is 0 Å². The van der Waals surface area contributed by atoms with Crippen LogP contribution in [0.1, 0.15) is 39.7 Å². The normalized spacial score (nSPS) is 11.4. The molecule has 1 aromatic carbocycles. The minimum atomic E-state index is -1.33. The number of ether oxygens (including phenoxy) is 3. The van der Waals surface area contributed by atoms with Gasteiger partial charge in [-0.1, -0.05) is 44.2 Å². The molecule has 0 aliphatic rings. The number of carbonyl (C=O) groups excluding carboxylic acids is 2. The second kappa shape index (κ2) is 10.1. The highest BCUT2D eigenvalue weighted by Gasteiger charge is 2.51. The second-order valence-corrected chi connectivity index (χ2v) is 5.86. The molecule has 0 N–H and O–H groups in total. The van der Waals surface area contributed by atoms with E-state index in [9.17, 15) is 9.59 Å². The van der Waals surface area contributed by atoms with Gasteiger partial charge >= 0.3 is 11.9 Å². The summed E-state index contributed by atoms with van der Waals surface area (Å²) in [5, 5.41) is 0. The summed E-state index contributed by atoms with van der Waals surface area (Å²) < 4.78 is 16.0. The average Bonchev–Trinajstić information content (AvgIpc) is 2.56. The predicted octanol–water partition coefficient (Wildman–Crippen LogP) is 3.36. The van der Waals surface area contributed by atoms with Gasteiger partial charge in [-0.05, 0) is 31.7 Å². The number of esters is 2. The van der Waals surface area contributed by atoms with Crippen LogP contribution in [0.4, 0.5) is 0 Å². The van der Waals surface area contributed by atoms with E-state index in [0.717, 1.165) is 5.56 Å². The van der Waals surface area contributed by atoms with E-state index in [1.807, 2.05) is 44.2 Å². The van der Waals surface area contributed by atoms with Crippen LogP contribution < -0.4 is 0 Å². The molecular weight excluding hydrogens is 308 g/mol. The molecule has 0 amide bonds. The molecule has 0 aliphatic carbocycles. The Bertz CT molecular complexity index is 492. The molecule has 0 spiro atoms. The number of benzene rings is 1. The van der Waals surface area contributed by atoms with Crippen LogP contribution in [0.3, 0.4) is 0 Å². The minimum Gasteiger partial charge on any atom is -0.465 e. The van der Waals surface area contributed by atoms with Gasteiger partial charge in [0.2, 0.25) is 0 Å². The van der Waals surface area contributed by atoms with E-state index in [0.29, 0.717) is 6.61 Å². The first kappa shape index (κ1) is 20.2. The number of carbonyl (C=O) groups is 2. The lowest BCUT2D eigenvalue weighted by Gasteiger charge is -2.32. The summed E-state index contributed by atoms with van der Waals surface area (Å²) >= 11 is 0. The minimum absolute atomic E-state index is 0.220. The lowest BCUT2D eigenvalue weighted by Crippen LogP contribution is -2.47. The van der Waals surface area contributed by atoms with Gasteiger partial charge in [0, 0.05) is 6.61 Å². The molecule has 0 bridgehead atoms. The zero-order valence-electron chi connectivity index (χ0n) is 15.0. The third-order valence-corrected chi connectivity index (χ3v) is 4.02. The lowest BCUT2D eigenvalue weighted by molar-refractivity contribution is -0.178. The monoisotopic (exact) mass is 336 g/mol. The number of hydrogen-bond acceptors (Lipinski definition) is 5. The van der Waals surface area contributed by atoms with Gasteiger partial charge in [-0.25, -0.2) is 0 Å². The van der Waals surface area contributed by atoms with Crippen LogP contribution in [-0.4, -0.2) is 31.8 Å². The van der Waals surface area contributed by atoms with E-state index in [2.05, 4.69) is 0 Å². The van der Waals surface area contributed by atoms with E-state index in [4.69, 9.17) is 14.2 Å². The second-order valence-electron chi connectivity index (χ2n) is 5.86. The molecule has 0 saturated carbocycles. The summed E-state index contributed by atoms with van der Waals surface area (Å²) in [6, 6.07) is 9.75. The van der Waals surface area contributed by atoms with Gasteiger partial charge in [-0.2, -0.15) is 0 Å². The fraction of sp³-hybridized carbons (Fsp3) is 0.579. The van der Waals surface area contributed by atoms with Crippen molar-refractivity contribution < 1.29 is 23.8 Å². The van der Waals surface area contributed by atoms with E-state index in [1.54, 1.807) is 13.8 Å². The van der Waals surface area contributed by atoms with Gasteiger partial charge in [0.15, 0.2) is 5.41 Å². The van der Waals surface area contributed by atoms with Gasteiger partial charge in [0.1, 0.15) is 0 Å². The smallest absolute Gasteiger partial charge is 0.323 e. The van der Waals surface area contributed by atoms with Crippen molar-refractivity contribution in [3.63, 3.8) is 0 Å². The van der Waals surface area contributed by atoms with Crippen molar-refractivity contribution in [1.29, 1.82) is 0 Å². The molecule has 0 unspecified atom stereocenters.